The first-order valence-corrected chi connectivity index (χ1v) is 8.30. The van der Waals surface area contributed by atoms with Gasteiger partial charge in [-0.15, -0.1) is 0 Å². The summed E-state index contributed by atoms with van der Waals surface area (Å²) < 4.78 is 0. The van der Waals surface area contributed by atoms with Crippen molar-refractivity contribution in [3.63, 3.8) is 0 Å². The number of aliphatic hydroxyl groups excluding tert-OH is 1. The molecule has 1 aliphatic rings. The van der Waals surface area contributed by atoms with Crippen LogP contribution in [0.2, 0.25) is 0 Å². The van der Waals surface area contributed by atoms with Gasteiger partial charge in [-0.1, -0.05) is 60.7 Å². The van der Waals surface area contributed by atoms with E-state index in [9.17, 15) is 5.11 Å². The van der Waals surface area contributed by atoms with Gasteiger partial charge >= 0.3 is 0 Å². The molecule has 0 aromatic heterocycles. The molecule has 1 N–H and O–H groups in total. The number of nitrogens with zero attached hydrogens (tertiary/aromatic N) is 1. The summed E-state index contributed by atoms with van der Waals surface area (Å²) >= 11 is 0. The van der Waals surface area contributed by atoms with Crippen LogP contribution in [-0.4, -0.2) is 29.7 Å². The first-order chi connectivity index (χ1) is 10.9. The molecule has 0 bridgehead atoms. The lowest BCUT2D eigenvalue weighted by Crippen LogP contribution is -2.39. The van der Waals surface area contributed by atoms with Crippen LogP contribution < -0.4 is 0 Å². The van der Waals surface area contributed by atoms with E-state index in [1.807, 2.05) is 0 Å². The van der Waals surface area contributed by atoms with E-state index in [-0.39, 0.29) is 0 Å². The van der Waals surface area contributed by atoms with E-state index in [1.165, 1.54) is 11.1 Å². The summed E-state index contributed by atoms with van der Waals surface area (Å²) in [6.45, 7) is 2.48. The lowest BCUT2D eigenvalue weighted by Gasteiger charge is -2.39. The third-order valence-electron chi connectivity index (χ3n) is 4.79. The van der Waals surface area contributed by atoms with Crippen molar-refractivity contribution in [2.24, 2.45) is 5.92 Å². The van der Waals surface area contributed by atoms with Gasteiger partial charge in [0.2, 0.25) is 0 Å². The summed E-state index contributed by atoms with van der Waals surface area (Å²) in [5, 5.41) is 9.53. The number of hydrogen-bond acceptors (Lipinski definition) is 2. The molecular weight excluding hydrogens is 270 g/mol. The van der Waals surface area contributed by atoms with E-state index < -0.39 is 0 Å². The predicted molar refractivity (Wildman–Crippen MR) is 90.7 cm³/mol. The number of hydrogen-bond donors (Lipinski definition) is 1. The smallest absolute Gasteiger partial charge is 0.0460 e. The summed E-state index contributed by atoms with van der Waals surface area (Å²) in [4.78, 5) is 2.59. The average Bonchev–Trinajstić information content (AvgIpc) is 2.61. The Kier molecular flexibility index (Phi) is 5.25. The second-order valence-electron chi connectivity index (χ2n) is 6.27. The van der Waals surface area contributed by atoms with Crippen LogP contribution in [0.15, 0.2) is 60.7 Å². The molecule has 0 radical (unpaired) electrons. The van der Waals surface area contributed by atoms with Crippen LogP contribution in [0.3, 0.4) is 0 Å². The molecule has 22 heavy (non-hydrogen) atoms. The monoisotopic (exact) mass is 295 g/mol. The standard InChI is InChI=1S/C20H25NO/c22-16-18-12-14-21(13-11-17-7-3-1-4-8-17)20(15-18)19-9-5-2-6-10-19/h1-10,18,20,22H,11-16H2. The Morgan fingerprint density at radius 3 is 2.32 bits per heavy atom. The van der Waals surface area contributed by atoms with Crippen molar-refractivity contribution in [3.05, 3.63) is 71.8 Å². The first kappa shape index (κ1) is 15.3. The minimum Gasteiger partial charge on any atom is -0.396 e. The zero-order chi connectivity index (χ0) is 15.2. The quantitative estimate of drug-likeness (QED) is 0.909. The first-order valence-electron chi connectivity index (χ1n) is 8.30. The van der Waals surface area contributed by atoms with Crippen LogP contribution in [-0.2, 0) is 6.42 Å². The molecule has 2 unspecified atom stereocenters. The molecule has 1 aliphatic heterocycles. The van der Waals surface area contributed by atoms with Crippen molar-refractivity contribution < 1.29 is 5.11 Å². The molecule has 2 aromatic carbocycles. The fraction of sp³-hybridized carbons (Fsp3) is 0.400. The molecule has 1 saturated heterocycles. The maximum atomic E-state index is 9.53. The summed E-state index contributed by atoms with van der Waals surface area (Å²) in [5.41, 5.74) is 2.78. The van der Waals surface area contributed by atoms with Crippen LogP contribution in [0.25, 0.3) is 0 Å². The second kappa shape index (κ2) is 7.57. The third kappa shape index (κ3) is 3.76. The van der Waals surface area contributed by atoms with E-state index >= 15 is 0 Å². The highest BCUT2D eigenvalue weighted by atomic mass is 16.3. The third-order valence-corrected chi connectivity index (χ3v) is 4.79. The minimum atomic E-state index is 0.315. The lowest BCUT2D eigenvalue weighted by atomic mass is 9.87. The van der Waals surface area contributed by atoms with E-state index in [0.29, 0.717) is 18.6 Å². The molecule has 1 heterocycles. The minimum absolute atomic E-state index is 0.315. The lowest BCUT2D eigenvalue weighted by molar-refractivity contribution is 0.0813. The number of piperidine rings is 1. The highest BCUT2D eigenvalue weighted by Crippen LogP contribution is 2.33. The zero-order valence-electron chi connectivity index (χ0n) is 13.1. The molecule has 3 rings (SSSR count). The molecule has 0 amide bonds. The van der Waals surface area contributed by atoms with Crippen LogP contribution in [0, 0.1) is 5.92 Å². The fourth-order valence-corrected chi connectivity index (χ4v) is 3.46. The van der Waals surface area contributed by atoms with Crippen LogP contribution >= 0.6 is 0 Å². The van der Waals surface area contributed by atoms with Gasteiger partial charge in [-0.3, -0.25) is 4.90 Å². The van der Waals surface area contributed by atoms with Gasteiger partial charge in [0.25, 0.3) is 0 Å². The molecule has 2 atom stereocenters. The van der Waals surface area contributed by atoms with Gasteiger partial charge in [-0.2, -0.15) is 0 Å². The Labute approximate surface area is 133 Å². The van der Waals surface area contributed by atoms with Crippen molar-refractivity contribution in [2.75, 3.05) is 19.7 Å². The Morgan fingerprint density at radius 2 is 1.64 bits per heavy atom. The van der Waals surface area contributed by atoms with Crippen LogP contribution in [0.5, 0.6) is 0 Å². The van der Waals surface area contributed by atoms with Crippen molar-refractivity contribution in [1.29, 1.82) is 0 Å². The van der Waals surface area contributed by atoms with Gasteiger partial charge < -0.3 is 5.11 Å². The molecule has 2 heteroatoms. The zero-order valence-corrected chi connectivity index (χ0v) is 13.1. The number of rotatable bonds is 5. The van der Waals surface area contributed by atoms with Crippen molar-refractivity contribution in [3.8, 4) is 0 Å². The van der Waals surface area contributed by atoms with Crippen molar-refractivity contribution in [1.82, 2.24) is 4.90 Å². The summed E-state index contributed by atoms with van der Waals surface area (Å²) in [6.07, 6.45) is 3.26. The molecule has 0 spiro atoms. The van der Waals surface area contributed by atoms with Gasteiger partial charge in [0, 0.05) is 19.2 Å². The maximum Gasteiger partial charge on any atom is 0.0460 e. The van der Waals surface area contributed by atoms with E-state index in [0.717, 1.165) is 32.4 Å². The van der Waals surface area contributed by atoms with Crippen molar-refractivity contribution in [2.45, 2.75) is 25.3 Å². The van der Waals surface area contributed by atoms with Crippen LogP contribution in [0.1, 0.15) is 30.0 Å². The van der Waals surface area contributed by atoms with E-state index in [2.05, 4.69) is 65.6 Å². The normalized spacial score (nSPS) is 22.6. The number of aliphatic hydroxyl groups is 1. The average molecular weight is 295 g/mol. The molecular formula is C20H25NO. The van der Waals surface area contributed by atoms with Gasteiger partial charge in [-0.05, 0) is 42.9 Å². The predicted octanol–water partition coefficient (Wildman–Crippen LogP) is 3.67. The molecule has 0 saturated carbocycles. The highest BCUT2D eigenvalue weighted by molar-refractivity contribution is 5.20. The highest BCUT2D eigenvalue weighted by Gasteiger charge is 2.28. The summed E-state index contributed by atoms with van der Waals surface area (Å²) in [7, 11) is 0. The molecule has 1 fully saturated rings. The number of likely N-dealkylation sites (tertiary alicyclic amines) is 1. The molecule has 2 aromatic rings. The Balaban J connectivity index is 1.70. The Bertz CT molecular complexity index is 554. The topological polar surface area (TPSA) is 23.5 Å². The van der Waals surface area contributed by atoms with Crippen LogP contribution in [0.4, 0.5) is 0 Å². The van der Waals surface area contributed by atoms with Gasteiger partial charge in [0.05, 0.1) is 0 Å². The fourth-order valence-electron chi connectivity index (χ4n) is 3.46. The van der Waals surface area contributed by atoms with Gasteiger partial charge in [0.15, 0.2) is 0 Å². The largest absolute Gasteiger partial charge is 0.396 e. The SMILES string of the molecule is OCC1CCN(CCc2ccccc2)C(c2ccccc2)C1. The van der Waals surface area contributed by atoms with Crippen molar-refractivity contribution >= 4 is 0 Å². The summed E-state index contributed by atoms with van der Waals surface area (Å²) in [6, 6.07) is 21.9. The number of benzene rings is 2. The molecule has 2 nitrogen and oxygen atoms in total. The van der Waals surface area contributed by atoms with E-state index in [1.54, 1.807) is 0 Å². The van der Waals surface area contributed by atoms with E-state index in [4.69, 9.17) is 0 Å². The molecule has 0 aliphatic carbocycles. The van der Waals surface area contributed by atoms with Gasteiger partial charge in [0.1, 0.15) is 0 Å². The maximum absolute atomic E-state index is 9.53. The van der Waals surface area contributed by atoms with Gasteiger partial charge in [-0.25, -0.2) is 0 Å². The molecule has 116 valence electrons. The Morgan fingerprint density at radius 1 is 0.955 bits per heavy atom. The second-order valence-corrected chi connectivity index (χ2v) is 6.27. The summed E-state index contributed by atoms with van der Waals surface area (Å²) in [5.74, 6) is 0.443. The Hall–Kier alpha value is -1.64.